The summed E-state index contributed by atoms with van der Waals surface area (Å²) < 4.78 is 26.2. The minimum Gasteiger partial charge on any atom is -0.352 e. The summed E-state index contributed by atoms with van der Waals surface area (Å²) in [5.74, 6) is -0.388. The standard InChI is InChI=1S/C27H38ClN3O4S/c1-6-21(4)29-27(33)25(7-2)30(19-22-13-15-23(28)16-14-22)26(32)12-9-17-31(36(5,34)35)24-11-8-10-20(3)18-24/h8,10-11,13-16,18,21,25H,6-7,9,12,17,19H2,1-5H3,(H,29,33)/t21-,25+/m1/s1. The third-order valence-corrected chi connectivity index (χ3v) is 7.54. The zero-order valence-corrected chi connectivity index (χ0v) is 23.4. The maximum atomic E-state index is 13.4. The van der Waals surface area contributed by atoms with Crippen LogP contribution >= 0.6 is 11.6 Å². The molecule has 2 amide bonds. The summed E-state index contributed by atoms with van der Waals surface area (Å²) in [5.41, 5.74) is 2.38. The minimum absolute atomic E-state index is 0.00307. The molecule has 2 aromatic rings. The van der Waals surface area contributed by atoms with Gasteiger partial charge in [0.15, 0.2) is 0 Å². The molecule has 36 heavy (non-hydrogen) atoms. The van der Waals surface area contributed by atoms with Crippen LogP contribution in [0.2, 0.25) is 5.02 Å². The molecule has 7 nitrogen and oxygen atoms in total. The van der Waals surface area contributed by atoms with Crippen LogP contribution in [-0.2, 0) is 26.2 Å². The Bertz CT molecular complexity index is 1120. The van der Waals surface area contributed by atoms with Gasteiger partial charge >= 0.3 is 0 Å². The fraction of sp³-hybridized carbons (Fsp3) is 0.481. The minimum atomic E-state index is -3.52. The number of carbonyl (C=O) groups excluding carboxylic acids is 2. The fourth-order valence-electron chi connectivity index (χ4n) is 3.93. The molecule has 0 heterocycles. The Hall–Kier alpha value is -2.58. The SMILES string of the molecule is CC[C@@H](C)NC(=O)[C@H](CC)N(Cc1ccc(Cl)cc1)C(=O)CCCN(c1cccc(C)c1)S(C)(=O)=O. The molecule has 0 fully saturated rings. The van der Waals surface area contributed by atoms with Gasteiger partial charge in [-0.3, -0.25) is 13.9 Å². The van der Waals surface area contributed by atoms with Gasteiger partial charge in [0.2, 0.25) is 21.8 Å². The van der Waals surface area contributed by atoms with Crippen LogP contribution in [0.1, 0.15) is 57.6 Å². The van der Waals surface area contributed by atoms with Crippen LogP contribution in [0.4, 0.5) is 5.69 Å². The van der Waals surface area contributed by atoms with E-state index in [9.17, 15) is 18.0 Å². The summed E-state index contributed by atoms with van der Waals surface area (Å²) in [7, 11) is -3.52. The molecule has 2 rings (SSSR count). The number of anilines is 1. The molecule has 0 saturated carbocycles. The van der Waals surface area contributed by atoms with E-state index >= 15 is 0 Å². The van der Waals surface area contributed by atoms with E-state index in [0.717, 1.165) is 23.8 Å². The van der Waals surface area contributed by atoms with Crippen molar-refractivity contribution in [3.8, 4) is 0 Å². The lowest BCUT2D eigenvalue weighted by molar-refractivity contribution is -0.141. The highest BCUT2D eigenvalue weighted by Crippen LogP contribution is 2.21. The van der Waals surface area contributed by atoms with E-state index in [4.69, 9.17) is 11.6 Å². The molecule has 0 radical (unpaired) electrons. The molecular formula is C27H38ClN3O4S. The van der Waals surface area contributed by atoms with Gasteiger partial charge in [-0.15, -0.1) is 0 Å². The lowest BCUT2D eigenvalue weighted by atomic mass is 10.1. The summed E-state index contributed by atoms with van der Waals surface area (Å²) in [4.78, 5) is 28.1. The van der Waals surface area contributed by atoms with Crippen LogP contribution in [0, 0.1) is 6.92 Å². The van der Waals surface area contributed by atoms with E-state index in [1.54, 1.807) is 23.1 Å². The molecule has 198 valence electrons. The highest BCUT2D eigenvalue weighted by atomic mass is 35.5. The van der Waals surface area contributed by atoms with Crippen LogP contribution in [0.15, 0.2) is 48.5 Å². The summed E-state index contributed by atoms with van der Waals surface area (Å²) in [6, 6.07) is 13.8. The van der Waals surface area contributed by atoms with E-state index in [-0.39, 0.29) is 37.4 Å². The van der Waals surface area contributed by atoms with Crippen molar-refractivity contribution in [2.75, 3.05) is 17.1 Å². The van der Waals surface area contributed by atoms with Crippen molar-refractivity contribution in [2.45, 2.75) is 72.0 Å². The van der Waals surface area contributed by atoms with Gasteiger partial charge in [-0.05, 0) is 68.5 Å². The maximum Gasteiger partial charge on any atom is 0.243 e. The molecule has 0 aliphatic carbocycles. The largest absolute Gasteiger partial charge is 0.352 e. The third-order valence-electron chi connectivity index (χ3n) is 6.09. The summed E-state index contributed by atoms with van der Waals surface area (Å²) >= 11 is 6.02. The summed E-state index contributed by atoms with van der Waals surface area (Å²) in [5, 5.41) is 3.58. The van der Waals surface area contributed by atoms with Gasteiger partial charge in [-0.1, -0.05) is 49.7 Å². The number of halogens is 1. The molecule has 0 saturated heterocycles. The van der Waals surface area contributed by atoms with Gasteiger partial charge < -0.3 is 10.2 Å². The van der Waals surface area contributed by atoms with Crippen LogP contribution in [-0.4, -0.2) is 50.0 Å². The van der Waals surface area contributed by atoms with Crippen molar-refractivity contribution in [2.24, 2.45) is 0 Å². The van der Waals surface area contributed by atoms with Crippen LogP contribution < -0.4 is 9.62 Å². The first-order chi connectivity index (χ1) is 17.0. The molecule has 2 aromatic carbocycles. The maximum absolute atomic E-state index is 13.4. The smallest absolute Gasteiger partial charge is 0.243 e. The highest BCUT2D eigenvalue weighted by Gasteiger charge is 2.29. The van der Waals surface area contributed by atoms with E-state index in [1.165, 1.54) is 4.31 Å². The molecule has 2 atom stereocenters. The van der Waals surface area contributed by atoms with Crippen molar-refractivity contribution in [1.29, 1.82) is 0 Å². The normalized spacial score (nSPS) is 13.1. The number of amides is 2. The van der Waals surface area contributed by atoms with E-state index in [2.05, 4.69) is 5.32 Å². The van der Waals surface area contributed by atoms with Crippen molar-refractivity contribution in [3.63, 3.8) is 0 Å². The zero-order chi connectivity index (χ0) is 26.9. The van der Waals surface area contributed by atoms with Crippen molar-refractivity contribution >= 4 is 39.1 Å². The number of rotatable bonds is 13. The molecule has 0 aromatic heterocycles. The van der Waals surface area contributed by atoms with Crippen LogP contribution in [0.5, 0.6) is 0 Å². The van der Waals surface area contributed by atoms with Crippen molar-refractivity contribution in [1.82, 2.24) is 10.2 Å². The quantitative estimate of drug-likeness (QED) is 0.394. The summed E-state index contributed by atoms with van der Waals surface area (Å²) in [6.45, 7) is 8.13. The molecule has 9 heteroatoms. The Balaban J connectivity index is 2.22. The van der Waals surface area contributed by atoms with Gasteiger partial charge in [0.25, 0.3) is 0 Å². The Morgan fingerprint density at radius 2 is 1.72 bits per heavy atom. The van der Waals surface area contributed by atoms with Gasteiger partial charge in [0.1, 0.15) is 6.04 Å². The third kappa shape index (κ3) is 8.82. The number of sulfonamides is 1. The molecule has 0 bridgehead atoms. The Labute approximate surface area is 220 Å². The zero-order valence-electron chi connectivity index (χ0n) is 21.8. The number of carbonyl (C=O) groups is 2. The van der Waals surface area contributed by atoms with Gasteiger partial charge in [0.05, 0.1) is 11.9 Å². The number of aryl methyl sites for hydroxylation is 1. The molecule has 0 aliphatic heterocycles. The second kappa shape index (κ2) is 13.7. The Morgan fingerprint density at radius 3 is 2.28 bits per heavy atom. The van der Waals surface area contributed by atoms with Crippen molar-refractivity contribution < 1.29 is 18.0 Å². The van der Waals surface area contributed by atoms with Crippen molar-refractivity contribution in [3.05, 3.63) is 64.7 Å². The molecule has 0 unspecified atom stereocenters. The van der Waals surface area contributed by atoms with Crippen LogP contribution in [0.25, 0.3) is 0 Å². The number of nitrogens with one attached hydrogen (secondary N) is 1. The van der Waals surface area contributed by atoms with E-state index in [1.807, 2.05) is 58.0 Å². The molecule has 0 spiro atoms. The topological polar surface area (TPSA) is 86.8 Å². The second-order valence-corrected chi connectivity index (χ2v) is 11.5. The lowest BCUT2D eigenvalue weighted by Gasteiger charge is -2.32. The lowest BCUT2D eigenvalue weighted by Crippen LogP contribution is -2.50. The van der Waals surface area contributed by atoms with Gasteiger partial charge in [0, 0.05) is 30.6 Å². The summed E-state index contributed by atoms with van der Waals surface area (Å²) in [6.07, 6.45) is 2.84. The number of benzene rings is 2. The molecule has 0 aliphatic rings. The van der Waals surface area contributed by atoms with E-state index in [0.29, 0.717) is 23.6 Å². The number of nitrogens with zero attached hydrogens (tertiary/aromatic N) is 2. The monoisotopic (exact) mass is 535 g/mol. The second-order valence-electron chi connectivity index (χ2n) is 9.17. The highest BCUT2D eigenvalue weighted by molar-refractivity contribution is 7.92. The van der Waals surface area contributed by atoms with Gasteiger partial charge in [-0.2, -0.15) is 0 Å². The average molecular weight is 536 g/mol. The molecule has 1 N–H and O–H groups in total. The number of hydrogen-bond acceptors (Lipinski definition) is 4. The first-order valence-electron chi connectivity index (χ1n) is 12.3. The van der Waals surface area contributed by atoms with Crippen LogP contribution in [0.3, 0.4) is 0 Å². The predicted molar refractivity (Wildman–Crippen MR) is 147 cm³/mol. The fourth-order valence-corrected chi connectivity index (χ4v) is 5.02. The van der Waals surface area contributed by atoms with E-state index < -0.39 is 16.1 Å². The first-order valence-corrected chi connectivity index (χ1v) is 14.6. The molecular weight excluding hydrogens is 498 g/mol. The van der Waals surface area contributed by atoms with Gasteiger partial charge in [-0.25, -0.2) is 8.42 Å². The average Bonchev–Trinajstić information content (AvgIpc) is 2.81. The predicted octanol–water partition coefficient (Wildman–Crippen LogP) is 4.92. The first kappa shape index (κ1) is 29.6. The Morgan fingerprint density at radius 1 is 1.06 bits per heavy atom. The number of hydrogen-bond donors (Lipinski definition) is 1. The Kier molecular flexibility index (Phi) is 11.2.